The lowest BCUT2D eigenvalue weighted by Crippen LogP contribution is -2.36. The van der Waals surface area contributed by atoms with Gasteiger partial charge in [-0.3, -0.25) is 9.59 Å². The molecule has 0 bridgehead atoms. The predicted octanol–water partition coefficient (Wildman–Crippen LogP) is 1.45. The Labute approximate surface area is 112 Å². The molecule has 2 amide bonds. The van der Waals surface area contributed by atoms with Gasteiger partial charge in [0.1, 0.15) is 0 Å². The van der Waals surface area contributed by atoms with E-state index in [1.165, 1.54) is 0 Å². The second-order valence-electron chi connectivity index (χ2n) is 4.78. The van der Waals surface area contributed by atoms with E-state index in [1.54, 1.807) is 26.0 Å². The molecule has 102 valence electrons. The fraction of sp³-hybridized carbons (Fsp3) is 0.385. The Morgan fingerprint density at radius 1 is 0.947 bits per heavy atom. The molecule has 1 aliphatic rings. The van der Waals surface area contributed by atoms with Crippen LogP contribution in [-0.4, -0.2) is 24.5 Å². The van der Waals surface area contributed by atoms with E-state index < -0.39 is 21.8 Å². The third kappa shape index (κ3) is 2.16. The monoisotopic (exact) mass is 281 g/mol. The van der Waals surface area contributed by atoms with Gasteiger partial charge in [0.15, 0.2) is 0 Å². The van der Waals surface area contributed by atoms with Crippen molar-refractivity contribution in [3.63, 3.8) is 0 Å². The van der Waals surface area contributed by atoms with Crippen LogP contribution in [0.1, 0.15) is 29.5 Å². The zero-order valence-corrected chi connectivity index (χ0v) is 11.9. The highest BCUT2D eigenvalue weighted by Gasteiger charge is 2.40. The van der Waals surface area contributed by atoms with Crippen molar-refractivity contribution in [2.45, 2.75) is 38.5 Å². The van der Waals surface area contributed by atoms with E-state index in [1.807, 2.05) is 6.92 Å². The molecule has 0 saturated carbocycles. The van der Waals surface area contributed by atoms with Gasteiger partial charge in [0, 0.05) is 12.8 Å². The molecule has 2 rings (SSSR count). The highest BCUT2D eigenvalue weighted by atomic mass is 32.2. The molecule has 19 heavy (non-hydrogen) atoms. The Hall–Kier alpha value is -1.69. The molecule has 0 aromatic heterocycles. The number of rotatable bonds is 2. The average Bonchev–Trinajstić information content (AvgIpc) is 2.56. The van der Waals surface area contributed by atoms with E-state index in [2.05, 4.69) is 0 Å². The van der Waals surface area contributed by atoms with Crippen LogP contribution in [0.5, 0.6) is 0 Å². The van der Waals surface area contributed by atoms with Gasteiger partial charge in [0.25, 0.3) is 10.0 Å². The molecular weight excluding hydrogens is 266 g/mol. The Kier molecular flexibility index (Phi) is 3.22. The van der Waals surface area contributed by atoms with E-state index in [-0.39, 0.29) is 17.7 Å². The quantitative estimate of drug-likeness (QED) is 0.769. The number of aryl methyl sites for hydroxylation is 3. The maximum Gasteiger partial charge on any atom is 0.273 e. The number of amides is 2. The van der Waals surface area contributed by atoms with Crippen molar-refractivity contribution in [1.82, 2.24) is 4.31 Å². The van der Waals surface area contributed by atoms with Crippen LogP contribution < -0.4 is 0 Å². The maximum absolute atomic E-state index is 12.5. The summed E-state index contributed by atoms with van der Waals surface area (Å²) >= 11 is 0. The predicted molar refractivity (Wildman–Crippen MR) is 68.9 cm³/mol. The number of imide groups is 1. The van der Waals surface area contributed by atoms with Gasteiger partial charge < -0.3 is 0 Å². The molecule has 1 fully saturated rings. The highest BCUT2D eigenvalue weighted by Crippen LogP contribution is 2.28. The summed E-state index contributed by atoms with van der Waals surface area (Å²) in [6.45, 7) is 5.19. The Bertz CT molecular complexity index is 637. The van der Waals surface area contributed by atoms with Crippen LogP contribution in [-0.2, 0) is 19.6 Å². The second-order valence-corrected chi connectivity index (χ2v) is 6.51. The van der Waals surface area contributed by atoms with Crippen molar-refractivity contribution in [3.05, 3.63) is 28.8 Å². The number of sulfonamides is 1. The number of carbonyl (C=O) groups excluding carboxylic acids is 2. The van der Waals surface area contributed by atoms with Crippen LogP contribution in [0.3, 0.4) is 0 Å². The number of benzene rings is 1. The minimum absolute atomic E-state index is 0.0397. The van der Waals surface area contributed by atoms with E-state index in [0.29, 0.717) is 15.4 Å². The lowest BCUT2D eigenvalue weighted by Gasteiger charge is -2.18. The van der Waals surface area contributed by atoms with Crippen LogP contribution >= 0.6 is 0 Å². The summed E-state index contributed by atoms with van der Waals surface area (Å²) in [5, 5.41) is 0. The summed E-state index contributed by atoms with van der Waals surface area (Å²) in [6.07, 6.45) is -0.0793. The smallest absolute Gasteiger partial charge is 0.273 e. The van der Waals surface area contributed by atoms with Crippen LogP contribution in [0.15, 0.2) is 17.0 Å². The number of hydrogen-bond donors (Lipinski definition) is 0. The Morgan fingerprint density at radius 3 is 1.79 bits per heavy atom. The van der Waals surface area contributed by atoms with Crippen molar-refractivity contribution < 1.29 is 18.0 Å². The molecular formula is C13H15NO4S. The molecule has 1 saturated heterocycles. The third-order valence-electron chi connectivity index (χ3n) is 3.11. The summed E-state index contributed by atoms with van der Waals surface area (Å²) < 4.78 is 25.4. The van der Waals surface area contributed by atoms with E-state index in [4.69, 9.17) is 0 Å². The van der Waals surface area contributed by atoms with Crippen LogP contribution in [0.4, 0.5) is 0 Å². The number of nitrogens with zero attached hydrogens (tertiary/aromatic N) is 1. The molecule has 6 heteroatoms. The zero-order valence-electron chi connectivity index (χ0n) is 11.1. The molecule has 1 heterocycles. The summed E-state index contributed by atoms with van der Waals surface area (Å²) in [5.41, 5.74) is 2.03. The first-order valence-electron chi connectivity index (χ1n) is 5.94. The fourth-order valence-corrected chi connectivity index (χ4v) is 4.32. The Balaban J connectivity index is 2.64. The van der Waals surface area contributed by atoms with Crippen LogP contribution in [0, 0.1) is 20.8 Å². The molecule has 1 aromatic rings. The summed E-state index contributed by atoms with van der Waals surface area (Å²) in [5.74, 6) is -1.30. The normalized spacial score (nSPS) is 16.3. The summed E-state index contributed by atoms with van der Waals surface area (Å²) in [7, 11) is -4.08. The molecule has 0 N–H and O–H groups in total. The van der Waals surface area contributed by atoms with E-state index in [9.17, 15) is 18.0 Å². The molecule has 1 aromatic carbocycles. The standard InChI is InChI=1S/C13H15NO4S/c1-8-6-9(2)13(10(3)7-8)19(17,18)14-11(15)4-5-12(14)16/h6-7H,4-5H2,1-3H3. The number of hydrogen-bond acceptors (Lipinski definition) is 4. The fourth-order valence-electron chi connectivity index (χ4n) is 2.49. The lowest BCUT2D eigenvalue weighted by atomic mass is 10.1. The molecule has 5 nitrogen and oxygen atoms in total. The lowest BCUT2D eigenvalue weighted by molar-refractivity contribution is -0.132. The summed E-state index contributed by atoms with van der Waals surface area (Å²) in [4.78, 5) is 23.3. The number of carbonyl (C=O) groups is 2. The van der Waals surface area contributed by atoms with Crippen LogP contribution in [0.25, 0.3) is 0 Å². The van der Waals surface area contributed by atoms with Crippen molar-refractivity contribution in [3.8, 4) is 0 Å². The zero-order chi connectivity index (χ0) is 14.4. The van der Waals surface area contributed by atoms with Gasteiger partial charge in [-0.15, -0.1) is 0 Å². The topological polar surface area (TPSA) is 71.5 Å². The van der Waals surface area contributed by atoms with Gasteiger partial charge in [-0.05, 0) is 31.9 Å². The minimum Gasteiger partial charge on any atom is -0.273 e. The van der Waals surface area contributed by atoms with Gasteiger partial charge in [-0.25, -0.2) is 8.42 Å². The van der Waals surface area contributed by atoms with Crippen molar-refractivity contribution in [1.29, 1.82) is 0 Å². The van der Waals surface area contributed by atoms with Gasteiger partial charge in [-0.1, -0.05) is 17.7 Å². The highest BCUT2D eigenvalue weighted by molar-refractivity contribution is 7.90. The van der Waals surface area contributed by atoms with Gasteiger partial charge in [-0.2, -0.15) is 4.31 Å². The molecule has 0 atom stereocenters. The molecule has 0 radical (unpaired) electrons. The molecule has 0 spiro atoms. The van der Waals surface area contributed by atoms with Crippen LogP contribution in [0.2, 0.25) is 0 Å². The molecule has 1 aliphatic heterocycles. The minimum atomic E-state index is -4.08. The largest absolute Gasteiger partial charge is 0.273 e. The average molecular weight is 281 g/mol. The Morgan fingerprint density at radius 2 is 1.37 bits per heavy atom. The maximum atomic E-state index is 12.5. The first-order chi connectivity index (χ1) is 8.75. The van der Waals surface area contributed by atoms with E-state index >= 15 is 0 Å². The van der Waals surface area contributed by atoms with Gasteiger partial charge in [0.05, 0.1) is 4.90 Å². The van der Waals surface area contributed by atoms with Gasteiger partial charge >= 0.3 is 0 Å². The SMILES string of the molecule is Cc1cc(C)c(S(=O)(=O)N2C(=O)CCC2=O)c(C)c1. The second kappa shape index (κ2) is 4.45. The van der Waals surface area contributed by atoms with E-state index in [0.717, 1.165) is 5.56 Å². The first-order valence-corrected chi connectivity index (χ1v) is 7.38. The summed E-state index contributed by atoms with van der Waals surface area (Å²) in [6, 6.07) is 3.45. The molecule has 0 unspecified atom stereocenters. The van der Waals surface area contributed by atoms with Gasteiger partial charge in [0.2, 0.25) is 11.8 Å². The van der Waals surface area contributed by atoms with Crippen molar-refractivity contribution in [2.24, 2.45) is 0 Å². The first kappa shape index (κ1) is 13.7. The third-order valence-corrected chi connectivity index (χ3v) is 5.16. The van der Waals surface area contributed by atoms with Crippen molar-refractivity contribution >= 4 is 21.8 Å². The van der Waals surface area contributed by atoms with Crippen molar-refractivity contribution in [2.75, 3.05) is 0 Å². The molecule has 0 aliphatic carbocycles.